The van der Waals surface area contributed by atoms with Crippen LogP contribution in [0.2, 0.25) is 0 Å². The van der Waals surface area contributed by atoms with Gasteiger partial charge in [0.1, 0.15) is 43.2 Å². The predicted octanol–water partition coefficient (Wildman–Crippen LogP) is -2.96. The summed E-state index contributed by atoms with van der Waals surface area (Å²) in [5, 5.41) is 49.1. The largest absolute Gasteiger partial charge is 0.457 e. The third-order valence-electron chi connectivity index (χ3n) is 3.99. The highest BCUT2D eigenvalue weighted by Gasteiger charge is 2.44. The molecule has 2 aliphatic heterocycles. The lowest BCUT2D eigenvalue weighted by Crippen LogP contribution is -2.58. The van der Waals surface area contributed by atoms with Crippen molar-refractivity contribution >= 4 is 5.97 Å². The first-order chi connectivity index (χ1) is 11.2. The second-order valence-corrected chi connectivity index (χ2v) is 5.88. The number of carbonyl (C=O) groups is 1. The van der Waals surface area contributed by atoms with Crippen molar-refractivity contribution in [1.29, 1.82) is 0 Å². The molecule has 10 nitrogen and oxygen atoms in total. The molecule has 10 heteroatoms. The quantitative estimate of drug-likeness (QED) is 0.332. The molecule has 139 valence electrons. The van der Waals surface area contributed by atoms with E-state index in [0.29, 0.717) is 0 Å². The van der Waals surface area contributed by atoms with E-state index in [1.807, 2.05) is 0 Å². The molecule has 0 amide bonds. The fourth-order valence-corrected chi connectivity index (χ4v) is 2.52. The van der Waals surface area contributed by atoms with Gasteiger partial charge in [0.05, 0.1) is 12.7 Å². The van der Waals surface area contributed by atoms with E-state index < -0.39 is 61.1 Å². The zero-order chi connectivity index (χ0) is 18.0. The van der Waals surface area contributed by atoms with Crippen LogP contribution in [0.1, 0.15) is 13.8 Å². The lowest BCUT2D eigenvalue weighted by atomic mass is 9.99. The standard InChI is InChI=1S/C14H23O10/c1-5-9(16)12(19)13(20)14(23-5)22-3-7-10(17)11(18)8(4-21-7)24-6(2)15/h4-5,7-14,16-20H,3H2,1-2H3/t5-,7+,8-,9-,10+,11+,12+,13+,14+/m0/s1. The summed E-state index contributed by atoms with van der Waals surface area (Å²) in [5.74, 6) is -0.638. The van der Waals surface area contributed by atoms with Gasteiger partial charge < -0.3 is 44.5 Å². The molecule has 24 heavy (non-hydrogen) atoms. The molecular weight excluding hydrogens is 328 g/mol. The van der Waals surface area contributed by atoms with Crippen LogP contribution in [0.3, 0.4) is 0 Å². The topological polar surface area (TPSA) is 155 Å². The molecule has 2 aliphatic rings. The first-order valence-corrected chi connectivity index (χ1v) is 7.55. The number of esters is 1. The fraction of sp³-hybridized carbons (Fsp3) is 0.857. The SMILES string of the molecule is CC(=O)O[C@H]1[CH]O[C@H](CO[C@@H]2O[C@@H](C)[C@H](O)[C@@H](O)[C@H]2O)[C@@H](O)[C@@H]1O. The van der Waals surface area contributed by atoms with Crippen molar-refractivity contribution in [3.8, 4) is 0 Å². The van der Waals surface area contributed by atoms with E-state index in [1.165, 1.54) is 6.92 Å². The Labute approximate surface area is 138 Å². The number of aliphatic hydroxyl groups excluding tert-OH is 5. The zero-order valence-electron chi connectivity index (χ0n) is 13.3. The second kappa shape index (κ2) is 8.02. The molecule has 0 saturated carbocycles. The molecule has 0 aromatic heterocycles. The lowest BCUT2D eigenvalue weighted by Gasteiger charge is -2.40. The molecule has 0 aromatic rings. The van der Waals surface area contributed by atoms with Gasteiger partial charge in [-0.25, -0.2) is 0 Å². The average molecular weight is 351 g/mol. The number of hydrogen-bond donors (Lipinski definition) is 5. The zero-order valence-corrected chi connectivity index (χ0v) is 13.3. The number of aliphatic hydroxyl groups is 5. The maximum atomic E-state index is 10.9. The molecule has 0 aliphatic carbocycles. The van der Waals surface area contributed by atoms with Crippen molar-refractivity contribution in [1.82, 2.24) is 0 Å². The molecule has 2 saturated heterocycles. The van der Waals surface area contributed by atoms with Crippen molar-refractivity contribution in [2.24, 2.45) is 0 Å². The fourth-order valence-electron chi connectivity index (χ4n) is 2.52. The predicted molar refractivity (Wildman–Crippen MR) is 75.0 cm³/mol. The molecule has 2 fully saturated rings. The van der Waals surface area contributed by atoms with Gasteiger partial charge in [-0.3, -0.25) is 4.79 Å². The minimum Gasteiger partial charge on any atom is -0.457 e. The summed E-state index contributed by atoms with van der Waals surface area (Å²) in [5.41, 5.74) is 0. The Morgan fingerprint density at radius 1 is 1.04 bits per heavy atom. The molecule has 0 unspecified atom stereocenters. The van der Waals surface area contributed by atoms with Crippen molar-refractivity contribution in [2.45, 2.75) is 69.0 Å². The van der Waals surface area contributed by atoms with Gasteiger partial charge in [0, 0.05) is 6.92 Å². The molecule has 9 atom stereocenters. The van der Waals surface area contributed by atoms with Crippen LogP contribution in [0.25, 0.3) is 0 Å². The minimum atomic E-state index is -1.49. The maximum absolute atomic E-state index is 10.9. The molecule has 2 heterocycles. The van der Waals surface area contributed by atoms with Crippen LogP contribution in [0, 0.1) is 6.61 Å². The summed E-state index contributed by atoms with van der Waals surface area (Å²) in [6.45, 7) is 3.46. The normalized spacial score (nSPS) is 46.5. The summed E-state index contributed by atoms with van der Waals surface area (Å²) >= 11 is 0. The van der Waals surface area contributed by atoms with Crippen LogP contribution in [0.5, 0.6) is 0 Å². The molecule has 0 spiro atoms. The number of ether oxygens (including phenoxy) is 4. The third kappa shape index (κ3) is 4.21. The lowest BCUT2D eigenvalue weighted by molar-refractivity contribution is -0.302. The molecule has 0 aromatic carbocycles. The van der Waals surface area contributed by atoms with E-state index in [4.69, 9.17) is 18.9 Å². The van der Waals surface area contributed by atoms with Gasteiger partial charge in [-0.2, -0.15) is 0 Å². The van der Waals surface area contributed by atoms with E-state index in [9.17, 15) is 30.3 Å². The summed E-state index contributed by atoms with van der Waals surface area (Å²) in [7, 11) is 0. The highest BCUT2D eigenvalue weighted by atomic mass is 16.7. The van der Waals surface area contributed by atoms with Gasteiger partial charge in [0.25, 0.3) is 0 Å². The average Bonchev–Trinajstić information content (AvgIpc) is 2.53. The van der Waals surface area contributed by atoms with E-state index >= 15 is 0 Å². The molecule has 1 radical (unpaired) electrons. The van der Waals surface area contributed by atoms with Crippen molar-refractivity contribution in [2.75, 3.05) is 6.61 Å². The Balaban J connectivity index is 1.87. The number of hydrogen-bond acceptors (Lipinski definition) is 10. The molecule has 5 N–H and O–H groups in total. The van der Waals surface area contributed by atoms with Crippen LogP contribution < -0.4 is 0 Å². The summed E-state index contributed by atoms with van der Waals surface area (Å²) in [6.07, 6.45) is -11.1. The Hall–Kier alpha value is -0.850. The summed E-state index contributed by atoms with van der Waals surface area (Å²) in [4.78, 5) is 10.9. The first kappa shape index (κ1) is 19.5. The smallest absolute Gasteiger partial charge is 0.303 e. The van der Waals surface area contributed by atoms with E-state index in [0.717, 1.165) is 13.5 Å². The molecule has 2 rings (SSSR count). The van der Waals surface area contributed by atoms with Crippen molar-refractivity contribution < 1.29 is 49.3 Å². The molecular formula is C14H23O10. The highest BCUT2D eigenvalue weighted by Crippen LogP contribution is 2.25. The molecule has 0 bridgehead atoms. The number of carbonyl (C=O) groups excluding carboxylic acids is 1. The Morgan fingerprint density at radius 2 is 1.71 bits per heavy atom. The van der Waals surface area contributed by atoms with Gasteiger partial charge in [-0.15, -0.1) is 0 Å². The monoisotopic (exact) mass is 351 g/mol. The van der Waals surface area contributed by atoms with Crippen LogP contribution in [-0.2, 0) is 23.7 Å². The van der Waals surface area contributed by atoms with E-state index in [1.54, 1.807) is 0 Å². The summed E-state index contributed by atoms with van der Waals surface area (Å²) < 4.78 is 20.5. The van der Waals surface area contributed by atoms with E-state index in [2.05, 4.69) is 0 Å². The second-order valence-electron chi connectivity index (χ2n) is 5.88. The highest BCUT2D eigenvalue weighted by molar-refractivity contribution is 5.66. The third-order valence-corrected chi connectivity index (χ3v) is 3.99. The Kier molecular flexibility index (Phi) is 6.51. The van der Waals surface area contributed by atoms with Crippen molar-refractivity contribution in [3.63, 3.8) is 0 Å². The van der Waals surface area contributed by atoms with Crippen molar-refractivity contribution in [3.05, 3.63) is 6.61 Å². The first-order valence-electron chi connectivity index (χ1n) is 7.55. The van der Waals surface area contributed by atoms with Gasteiger partial charge in [-0.1, -0.05) is 0 Å². The van der Waals surface area contributed by atoms with Gasteiger partial charge in [-0.05, 0) is 6.92 Å². The van der Waals surface area contributed by atoms with Gasteiger partial charge in [0.2, 0.25) is 0 Å². The maximum Gasteiger partial charge on any atom is 0.303 e. The van der Waals surface area contributed by atoms with Gasteiger partial charge >= 0.3 is 5.97 Å². The van der Waals surface area contributed by atoms with E-state index in [-0.39, 0.29) is 6.61 Å². The van der Waals surface area contributed by atoms with Crippen LogP contribution >= 0.6 is 0 Å². The van der Waals surface area contributed by atoms with Crippen LogP contribution in [0.4, 0.5) is 0 Å². The van der Waals surface area contributed by atoms with Crippen LogP contribution in [-0.4, -0.2) is 93.2 Å². The Bertz CT molecular complexity index is 432. The van der Waals surface area contributed by atoms with Gasteiger partial charge in [0.15, 0.2) is 12.4 Å². The summed E-state index contributed by atoms with van der Waals surface area (Å²) in [6, 6.07) is 0. The Morgan fingerprint density at radius 3 is 2.33 bits per heavy atom. The minimum absolute atomic E-state index is 0.279. The van der Waals surface area contributed by atoms with Crippen LogP contribution in [0.15, 0.2) is 0 Å². The number of rotatable bonds is 4.